The molecule has 15 heavy (non-hydrogen) atoms. The molecule has 1 aromatic heterocycles. The minimum absolute atomic E-state index is 0.271. The molecule has 2 rings (SSSR count). The Bertz CT molecular complexity index is 302. The van der Waals surface area contributed by atoms with E-state index in [4.69, 9.17) is 4.74 Å². The minimum Gasteiger partial charge on any atom is -0.388 e. The molecule has 84 valence electrons. The fourth-order valence-electron chi connectivity index (χ4n) is 2.05. The molecule has 1 saturated heterocycles. The standard InChI is InChI=1S/C12H18O2S/c1-9-2-3-12(15-9)11(13)8-10-4-6-14-7-5-10/h2-3,10-11,13H,4-8H2,1H3. The zero-order chi connectivity index (χ0) is 10.7. The number of aliphatic hydroxyl groups is 1. The van der Waals surface area contributed by atoms with E-state index in [1.165, 1.54) is 4.88 Å². The lowest BCUT2D eigenvalue weighted by molar-refractivity contribution is 0.0442. The molecule has 0 spiro atoms. The largest absolute Gasteiger partial charge is 0.388 e. The van der Waals surface area contributed by atoms with Gasteiger partial charge in [0, 0.05) is 23.0 Å². The van der Waals surface area contributed by atoms with Gasteiger partial charge in [0.05, 0.1) is 6.10 Å². The Balaban J connectivity index is 1.88. The van der Waals surface area contributed by atoms with Gasteiger partial charge in [-0.15, -0.1) is 11.3 Å². The SMILES string of the molecule is Cc1ccc(C(O)CC2CCOCC2)s1. The number of rotatable bonds is 3. The highest BCUT2D eigenvalue weighted by Crippen LogP contribution is 2.30. The first kappa shape index (κ1) is 11.1. The van der Waals surface area contributed by atoms with Crippen LogP contribution in [0, 0.1) is 12.8 Å². The zero-order valence-electron chi connectivity index (χ0n) is 9.11. The Kier molecular flexibility index (Phi) is 3.78. The molecule has 1 atom stereocenters. The molecule has 1 aliphatic heterocycles. The summed E-state index contributed by atoms with van der Waals surface area (Å²) in [6, 6.07) is 4.12. The van der Waals surface area contributed by atoms with Crippen LogP contribution in [0.3, 0.4) is 0 Å². The molecule has 3 heteroatoms. The molecule has 1 aromatic rings. The molecule has 2 nitrogen and oxygen atoms in total. The average Bonchev–Trinajstić information content (AvgIpc) is 2.66. The van der Waals surface area contributed by atoms with Crippen molar-refractivity contribution in [1.82, 2.24) is 0 Å². The van der Waals surface area contributed by atoms with Gasteiger partial charge in [-0.25, -0.2) is 0 Å². The van der Waals surface area contributed by atoms with E-state index in [1.807, 2.05) is 6.07 Å². The molecule has 0 bridgehead atoms. The Labute approximate surface area is 94.9 Å². The first-order valence-electron chi connectivity index (χ1n) is 5.58. The molecule has 1 aliphatic rings. The van der Waals surface area contributed by atoms with Crippen LogP contribution in [-0.2, 0) is 4.74 Å². The van der Waals surface area contributed by atoms with Gasteiger partial charge >= 0.3 is 0 Å². The summed E-state index contributed by atoms with van der Waals surface area (Å²) in [5, 5.41) is 10.1. The van der Waals surface area contributed by atoms with Crippen molar-refractivity contribution in [2.24, 2.45) is 5.92 Å². The first-order valence-corrected chi connectivity index (χ1v) is 6.39. The van der Waals surface area contributed by atoms with Gasteiger partial charge in [-0.05, 0) is 44.2 Å². The molecule has 0 radical (unpaired) electrons. The van der Waals surface area contributed by atoms with Crippen LogP contribution in [0.1, 0.15) is 35.1 Å². The summed E-state index contributed by atoms with van der Waals surface area (Å²) >= 11 is 1.70. The molecule has 1 N–H and O–H groups in total. The van der Waals surface area contributed by atoms with Crippen molar-refractivity contribution in [1.29, 1.82) is 0 Å². The third-order valence-electron chi connectivity index (χ3n) is 2.99. The topological polar surface area (TPSA) is 29.5 Å². The molecule has 1 fully saturated rings. The highest BCUT2D eigenvalue weighted by Gasteiger charge is 2.19. The Hall–Kier alpha value is -0.380. The van der Waals surface area contributed by atoms with Crippen LogP contribution in [-0.4, -0.2) is 18.3 Å². The summed E-state index contributed by atoms with van der Waals surface area (Å²) in [6.07, 6.45) is 2.82. The second kappa shape index (κ2) is 5.10. The molecule has 0 amide bonds. The maximum Gasteiger partial charge on any atom is 0.0884 e. The summed E-state index contributed by atoms with van der Waals surface area (Å²) in [5.41, 5.74) is 0. The molecule has 2 heterocycles. The molecule has 0 aliphatic carbocycles. The van der Waals surface area contributed by atoms with Gasteiger partial charge < -0.3 is 9.84 Å². The summed E-state index contributed by atoms with van der Waals surface area (Å²) in [7, 11) is 0. The van der Waals surface area contributed by atoms with E-state index in [-0.39, 0.29) is 6.10 Å². The predicted molar refractivity (Wildman–Crippen MR) is 62.2 cm³/mol. The van der Waals surface area contributed by atoms with Crippen LogP contribution in [0.4, 0.5) is 0 Å². The third-order valence-corrected chi connectivity index (χ3v) is 4.09. The van der Waals surface area contributed by atoms with E-state index in [2.05, 4.69) is 13.0 Å². The quantitative estimate of drug-likeness (QED) is 0.858. The van der Waals surface area contributed by atoms with Gasteiger partial charge in [0.1, 0.15) is 0 Å². The van der Waals surface area contributed by atoms with Crippen LogP contribution in [0.25, 0.3) is 0 Å². The van der Waals surface area contributed by atoms with E-state index in [0.717, 1.165) is 37.4 Å². The van der Waals surface area contributed by atoms with Crippen molar-refractivity contribution in [2.45, 2.75) is 32.3 Å². The highest BCUT2D eigenvalue weighted by atomic mass is 32.1. The van der Waals surface area contributed by atoms with Gasteiger partial charge in [-0.2, -0.15) is 0 Å². The second-order valence-electron chi connectivity index (χ2n) is 4.26. The van der Waals surface area contributed by atoms with Crippen molar-refractivity contribution in [2.75, 3.05) is 13.2 Å². The van der Waals surface area contributed by atoms with Crippen molar-refractivity contribution >= 4 is 11.3 Å². The summed E-state index contributed by atoms with van der Waals surface area (Å²) in [4.78, 5) is 2.38. The van der Waals surface area contributed by atoms with E-state index >= 15 is 0 Å². The smallest absolute Gasteiger partial charge is 0.0884 e. The van der Waals surface area contributed by atoms with E-state index in [9.17, 15) is 5.11 Å². The molecule has 0 saturated carbocycles. The van der Waals surface area contributed by atoms with Crippen LogP contribution in [0.2, 0.25) is 0 Å². The lowest BCUT2D eigenvalue weighted by atomic mass is 9.93. The summed E-state index contributed by atoms with van der Waals surface area (Å²) < 4.78 is 5.31. The molecule has 1 unspecified atom stereocenters. The number of aliphatic hydroxyl groups excluding tert-OH is 1. The fraction of sp³-hybridized carbons (Fsp3) is 0.667. The van der Waals surface area contributed by atoms with Gasteiger partial charge in [-0.3, -0.25) is 0 Å². The first-order chi connectivity index (χ1) is 7.25. The maximum absolute atomic E-state index is 10.1. The van der Waals surface area contributed by atoms with Crippen LogP contribution in [0.5, 0.6) is 0 Å². The van der Waals surface area contributed by atoms with E-state index in [1.54, 1.807) is 11.3 Å². The van der Waals surface area contributed by atoms with Crippen molar-refractivity contribution in [3.8, 4) is 0 Å². The van der Waals surface area contributed by atoms with Gasteiger partial charge in [0.25, 0.3) is 0 Å². The Morgan fingerprint density at radius 2 is 2.20 bits per heavy atom. The Morgan fingerprint density at radius 1 is 1.47 bits per heavy atom. The van der Waals surface area contributed by atoms with Gasteiger partial charge in [-0.1, -0.05) is 0 Å². The number of hydrogen-bond acceptors (Lipinski definition) is 3. The van der Waals surface area contributed by atoms with Crippen molar-refractivity contribution in [3.63, 3.8) is 0 Å². The predicted octanol–water partition coefficient (Wildman–Crippen LogP) is 2.91. The second-order valence-corrected chi connectivity index (χ2v) is 5.58. The van der Waals surface area contributed by atoms with Crippen molar-refractivity contribution in [3.05, 3.63) is 21.9 Å². The highest BCUT2D eigenvalue weighted by molar-refractivity contribution is 7.11. The zero-order valence-corrected chi connectivity index (χ0v) is 9.93. The van der Waals surface area contributed by atoms with Crippen LogP contribution in [0.15, 0.2) is 12.1 Å². The van der Waals surface area contributed by atoms with Gasteiger partial charge in [0.2, 0.25) is 0 Å². The normalized spacial score (nSPS) is 20.4. The molecular formula is C12H18O2S. The number of thiophene rings is 1. The number of aryl methyl sites for hydroxylation is 1. The van der Waals surface area contributed by atoms with Crippen LogP contribution >= 0.6 is 11.3 Å². The fourth-order valence-corrected chi connectivity index (χ4v) is 2.92. The third kappa shape index (κ3) is 3.03. The number of hydrogen-bond donors (Lipinski definition) is 1. The van der Waals surface area contributed by atoms with E-state index < -0.39 is 0 Å². The number of ether oxygens (including phenoxy) is 1. The molecule has 0 aromatic carbocycles. The Morgan fingerprint density at radius 3 is 2.80 bits per heavy atom. The van der Waals surface area contributed by atoms with E-state index in [0.29, 0.717) is 5.92 Å². The minimum atomic E-state index is -0.271. The summed E-state index contributed by atoms with van der Waals surface area (Å²) in [6.45, 7) is 3.80. The maximum atomic E-state index is 10.1. The lowest BCUT2D eigenvalue weighted by Gasteiger charge is -2.23. The monoisotopic (exact) mass is 226 g/mol. The van der Waals surface area contributed by atoms with Gasteiger partial charge in [0.15, 0.2) is 0 Å². The summed E-state index contributed by atoms with van der Waals surface area (Å²) in [5.74, 6) is 0.635. The average molecular weight is 226 g/mol. The van der Waals surface area contributed by atoms with Crippen LogP contribution < -0.4 is 0 Å². The molecular weight excluding hydrogens is 208 g/mol. The van der Waals surface area contributed by atoms with Crippen molar-refractivity contribution < 1.29 is 9.84 Å². The lowest BCUT2D eigenvalue weighted by Crippen LogP contribution is -2.17.